The maximum Gasteiger partial charge on any atom is 0.301 e. The molecule has 1 atom stereocenters. The second kappa shape index (κ2) is 10.1. The van der Waals surface area contributed by atoms with Gasteiger partial charge in [0.1, 0.15) is 23.9 Å². The van der Waals surface area contributed by atoms with Gasteiger partial charge in [0, 0.05) is 10.6 Å². The number of thiazole rings is 1. The van der Waals surface area contributed by atoms with E-state index in [4.69, 9.17) is 21.1 Å². The topological polar surface area (TPSA) is 89.0 Å². The first-order valence-corrected chi connectivity index (χ1v) is 12.5. The van der Waals surface area contributed by atoms with E-state index in [1.165, 1.54) is 23.3 Å². The number of methoxy groups -OCH3 is 1. The molecule has 2 heterocycles. The molecule has 9 heteroatoms. The molecular weight excluding hydrogens is 512 g/mol. The van der Waals surface area contributed by atoms with Crippen molar-refractivity contribution in [1.29, 1.82) is 0 Å². The van der Waals surface area contributed by atoms with E-state index in [0.717, 1.165) is 4.70 Å². The number of aliphatic hydroxyl groups is 1. The average Bonchev–Trinajstić information content (AvgIpc) is 3.44. The summed E-state index contributed by atoms with van der Waals surface area (Å²) < 4.78 is 11.7. The van der Waals surface area contributed by atoms with Crippen LogP contribution in [0.25, 0.3) is 16.0 Å². The van der Waals surface area contributed by atoms with E-state index in [2.05, 4.69) is 11.6 Å². The number of anilines is 1. The quantitative estimate of drug-likeness (QED) is 0.133. The number of halogens is 1. The number of ketones is 1. The van der Waals surface area contributed by atoms with Gasteiger partial charge in [-0.25, -0.2) is 4.98 Å². The predicted molar refractivity (Wildman–Crippen MR) is 145 cm³/mol. The summed E-state index contributed by atoms with van der Waals surface area (Å²) in [4.78, 5) is 32.8. The van der Waals surface area contributed by atoms with Crippen molar-refractivity contribution in [2.24, 2.45) is 0 Å². The Morgan fingerprint density at radius 3 is 2.65 bits per heavy atom. The molecule has 0 bridgehead atoms. The summed E-state index contributed by atoms with van der Waals surface area (Å²) in [7, 11) is 1.53. The van der Waals surface area contributed by atoms with Gasteiger partial charge in [0.25, 0.3) is 5.78 Å². The van der Waals surface area contributed by atoms with Gasteiger partial charge in [-0.15, -0.1) is 0 Å². The molecule has 1 N–H and O–H groups in total. The SMILES string of the molecule is C=CCOc1cccc(C2/C(=C(\O)c3ccc(OC)cc3)C(=O)C(=O)N2c2nc3ccc(Cl)cc3s2)c1. The van der Waals surface area contributed by atoms with Crippen molar-refractivity contribution in [2.45, 2.75) is 6.04 Å². The molecule has 1 amide bonds. The molecule has 1 aliphatic rings. The summed E-state index contributed by atoms with van der Waals surface area (Å²) >= 11 is 7.39. The lowest BCUT2D eigenvalue weighted by Gasteiger charge is -2.23. The molecule has 3 aromatic carbocycles. The Hall–Kier alpha value is -4.14. The minimum absolute atomic E-state index is 0.0478. The van der Waals surface area contributed by atoms with Crippen LogP contribution in [0.5, 0.6) is 11.5 Å². The van der Waals surface area contributed by atoms with Gasteiger partial charge >= 0.3 is 5.91 Å². The highest BCUT2D eigenvalue weighted by molar-refractivity contribution is 7.22. The van der Waals surface area contributed by atoms with E-state index in [1.54, 1.807) is 72.8 Å². The van der Waals surface area contributed by atoms with Crippen LogP contribution >= 0.6 is 22.9 Å². The molecule has 0 saturated carbocycles. The van der Waals surface area contributed by atoms with Crippen molar-refractivity contribution >= 4 is 55.7 Å². The van der Waals surface area contributed by atoms with Gasteiger partial charge in [0.15, 0.2) is 5.13 Å². The molecule has 4 aromatic rings. The number of rotatable bonds is 7. The summed E-state index contributed by atoms with van der Waals surface area (Å²) in [5.74, 6) is -0.775. The van der Waals surface area contributed by atoms with Gasteiger partial charge in [0.05, 0.1) is 28.9 Å². The van der Waals surface area contributed by atoms with Gasteiger partial charge in [-0.1, -0.05) is 47.7 Å². The van der Waals surface area contributed by atoms with Crippen molar-refractivity contribution in [3.05, 3.63) is 101 Å². The third kappa shape index (κ3) is 4.57. The van der Waals surface area contributed by atoms with Crippen LogP contribution in [-0.4, -0.2) is 35.5 Å². The molecule has 1 aliphatic heterocycles. The maximum absolute atomic E-state index is 13.4. The first kappa shape index (κ1) is 24.5. The van der Waals surface area contributed by atoms with E-state index in [0.29, 0.717) is 38.3 Å². The number of hydrogen-bond acceptors (Lipinski definition) is 7. The number of benzene rings is 3. The second-order valence-corrected chi connectivity index (χ2v) is 9.62. The third-order valence-electron chi connectivity index (χ3n) is 5.89. The zero-order valence-electron chi connectivity index (χ0n) is 19.7. The molecule has 7 nitrogen and oxygen atoms in total. The minimum atomic E-state index is -0.939. The number of aromatic nitrogens is 1. The lowest BCUT2D eigenvalue weighted by molar-refractivity contribution is -0.132. The lowest BCUT2D eigenvalue weighted by Crippen LogP contribution is -2.29. The van der Waals surface area contributed by atoms with Gasteiger partial charge < -0.3 is 14.6 Å². The van der Waals surface area contributed by atoms with Gasteiger partial charge in [-0.05, 0) is 60.2 Å². The van der Waals surface area contributed by atoms with Crippen LogP contribution in [0.15, 0.2) is 85.0 Å². The largest absolute Gasteiger partial charge is 0.507 e. The number of ether oxygens (including phenoxy) is 2. The number of hydrogen-bond donors (Lipinski definition) is 1. The number of carbonyl (C=O) groups is 2. The van der Waals surface area contributed by atoms with E-state index in [-0.39, 0.29) is 17.9 Å². The van der Waals surface area contributed by atoms with E-state index < -0.39 is 17.7 Å². The monoisotopic (exact) mass is 532 g/mol. The minimum Gasteiger partial charge on any atom is -0.507 e. The first-order valence-electron chi connectivity index (χ1n) is 11.3. The summed E-state index contributed by atoms with van der Waals surface area (Å²) in [5.41, 5.74) is 1.55. The summed E-state index contributed by atoms with van der Waals surface area (Å²) in [6.45, 7) is 3.95. The van der Waals surface area contributed by atoms with Crippen LogP contribution in [-0.2, 0) is 9.59 Å². The smallest absolute Gasteiger partial charge is 0.301 e. The lowest BCUT2D eigenvalue weighted by atomic mass is 9.95. The highest BCUT2D eigenvalue weighted by Gasteiger charge is 2.48. The van der Waals surface area contributed by atoms with Gasteiger partial charge in [0.2, 0.25) is 0 Å². The van der Waals surface area contributed by atoms with E-state index in [1.807, 2.05) is 0 Å². The molecule has 37 heavy (non-hydrogen) atoms. The summed E-state index contributed by atoms with van der Waals surface area (Å²) in [5, 5.41) is 12.2. The zero-order valence-corrected chi connectivity index (χ0v) is 21.3. The fourth-order valence-corrected chi connectivity index (χ4v) is 5.44. The maximum atomic E-state index is 13.4. The molecule has 5 rings (SSSR count). The number of aliphatic hydroxyl groups excluding tert-OH is 1. The van der Waals surface area contributed by atoms with Crippen molar-refractivity contribution in [2.75, 3.05) is 18.6 Å². The van der Waals surface area contributed by atoms with Crippen LogP contribution in [0.1, 0.15) is 17.2 Å². The van der Waals surface area contributed by atoms with Crippen molar-refractivity contribution in [3.8, 4) is 11.5 Å². The Labute approximate surface area is 221 Å². The van der Waals surface area contributed by atoms with Crippen LogP contribution < -0.4 is 14.4 Å². The second-order valence-electron chi connectivity index (χ2n) is 8.18. The molecule has 0 radical (unpaired) electrons. The Kier molecular flexibility index (Phi) is 6.69. The van der Waals surface area contributed by atoms with Crippen molar-refractivity contribution in [1.82, 2.24) is 4.98 Å². The van der Waals surface area contributed by atoms with Gasteiger partial charge in [-0.2, -0.15) is 0 Å². The third-order valence-corrected chi connectivity index (χ3v) is 7.15. The Balaban J connectivity index is 1.70. The number of carbonyl (C=O) groups excluding carboxylic acids is 2. The summed E-state index contributed by atoms with van der Waals surface area (Å²) in [6, 6.07) is 17.9. The fourth-order valence-electron chi connectivity index (χ4n) is 4.17. The Bertz CT molecular complexity index is 1560. The number of fused-ring (bicyclic) bond motifs is 1. The van der Waals surface area contributed by atoms with Crippen LogP contribution in [0.4, 0.5) is 5.13 Å². The number of Topliss-reactive ketones (excluding diaryl/α,β-unsaturated/α-hetero) is 1. The Morgan fingerprint density at radius 2 is 1.92 bits per heavy atom. The highest BCUT2D eigenvalue weighted by Crippen LogP contribution is 2.45. The fraction of sp³-hybridized carbons (Fsp3) is 0.107. The zero-order chi connectivity index (χ0) is 26.1. The van der Waals surface area contributed by atoms with Crippen LogP contribution in [0, 0.1) is 0 Å². The molecule has 1 unspecified atom stereocenters. The standard InChI is InChI=1S/C28H21ClN2O5S/c1-3-13-36-20-6-4-5-17(14-20)24-23(25(32)16-7-10-19(35-2)11-8-16)26(33)27(34)31(24)28-30-21-12-9-18(29)15-22(21)37-28/h3-12,14-15,24,32H,1,13H2,2H3/b25-23+. The van der Waals surface area contributed by atoms with Crippen molar-refractivity contribution < 1.29 is 24.2 Å². The molecular formula is C28H21ClN2O5S. The van der Waals surface area contributed by atoms with Crippen LogP contribution in [0.2, 0.25) is 5.02 Å². The molecule has 0 spiro atoms. The molecule has 1 saturated heterocycles. The van der Waals surface area contributed by atoms with Gasteiger partial charge in [-0.3, -0.25) is 14.5 Å². The molecule has 186 valence electrons. The summed E-state index contributed by atoms with van der Waals surface area (Å²) in [6.07, 6.45) is 1.62. The van der Waals surface area contributed by atoms with Crippen molar-refractivity contribution in [3.63, 3.8) is 0 Å². The average molecular weight is 533 g/mol. The van der Waals surface area contributed by atoms with E-state index >= 15 is 0 Å². The molecule has 1 fully saturated rings. The predicted octanol–water partition coefficient (Wildman–Crippen LogP) is 6.15. The first-order chi connectivity index (χ1) is 17.9. The Morgan fingerprint density at radius 1 is 1.14 bits per heavy atom. The highest BCUT2D eigenvalue weighted by atomic mass is 35.5. The molecule has 1 aromatic heterocycles. The normalized spacial score (nSPS) is 16.8. The van der Waals surface area contributed by atoms with E-state index in [9.17, 15) is 14.7 Å². The number of nitrogens with zero attached hydrogens (tertiary/aromatic N) is 2. The molecule has 0 aliphatic carbocycles. The van der Waals surface area contributed by atoms with Crippen LogP contribution in [0.3, 0.4) is 0 Å². The number of amides is 1.